The summed E-state index contributed by atoms with van der Waals surface area (Å²) in [6.45, 7) is 4.53. The van der Waals surface area contributed by atoms with E-state index in [1.165, 1.54) is 5.56 Å². The third kappa shape index (κ3) is 4.43. The lowest BCUT2D eigenvalue weighted by Gasteiger charge is -2.21. The Hall–Kier alpha value is -1.71. The molecule has 0 bridgehead atoms. The van der Waals surface area contributed by atoms with Crippen molar-refractivity contribution in [2.75, 3.05) is 20.1 Å². The van der Waals surface area contributed by atoms with Crippen LogP contribution >= 0.6 is 24.0 Å². The van der Waals surface area contributed by atoms with Crippen LogP contribution < -0.4 is 5.32 Å². The van der Waals surface area contributed by atoms with Crippen LogP contribution in [0.3, 0.4) is 0 Å². The van der Waals surface area contributed by atoms with Crippen LogP contribution in [0, 0.1) is 6.92 Å². The standard InChI is InChI=1S/C16H23N7.HI/c1-12-18-6-4-15(21-12)9-19-16(17-2)23-7-5-13(11-23)14-8-20-22(3)10-14;/h4,6,8,10,13H,5,7,9,11H2,1-3H3,(H,17,19);1H. The predicted octanol–water partition coefficient (Wildman–Crippen LogP) is 1.70. The molecule has 2 aromatic rings. The maximum atomic E-state index is 4.41. The van der Waals surface area contributed by atoms with Gasteiger partial charge in [-0.2, -0.15) is 5.10 Å². The van der Waals surface area contributed by atoms with Crippen molar-refractivity contribution in [3.05, 3.63) is 41.7 Å². The zero-order valence-corrected chi connectivity index (χ0v) is 16.6. The van der Waals surface area contributed by atoms with Crippen LogP contribution in [0.1, 0.15) is 29.4 Å². The fourth-order valence-corrected chi connectivity index (χ4v) is 2.98. The molecule has 3 heterocycles. The first-order chi connectivity index (χ1) is 11.2. The Morgan fingerprint density at radius 2 is 2.29 bits per heavy atom. The highest BCUT2D eigenvalue weighted by Crippen LogP contribution is 2.26. The summed E-state index contributed by atoms with van der Waals surface area (Å²) in [5.74, 6) is 2.23. The van der Waals surface area contributed by atoms with E-state index in [2.05, 4.69) is 36.5 Å². The Morgan fingerprint density at radius 3 is 2.96 bits per heavy atom. The van der Waals surface area contributed by atoms with Gasteiger partial charge in [-0.25, -0.2) is 9.97 Å². The van der Waals surface area contributed by atoms with Gasteiger partial charge in [-0.3, -0.25) is 9.67 Å². The Balaban J connectivity index is 0.00000208. The number of nitrogens with one attached hydrogen (secondary N) is 1. The summed E-state index contributed by atoms with van der Waals surface area (Å²) in [5, 5.41) is 7.67. The van der Waals surface area contributed by atoms with Crippen LogP contribution in [0.25, 0.3) is 0 Å². The Bertz CT molecular complexity index is 697. The number of aryl methyl sites for hydroxylation is 2. The van der Waals surface area contributed by atoms with Crippen molar-refractivity contribution in [2.24, 2.45) is 12.0 Å². The zero-order chi connectivity index (χ0) is 16.2. The summed E-state index contributed by atoms with van der Waals surface area (Å²) < 4.78 is 1.86. The molecule has 0 amide bonds. The number of aliphatic imine (C=N–C) groups is 1. The van der Waals surface area contributed by atoms with Gasteiger partial charge in [0.2, 0.25) is 0 Å². The lowest BCUT2D eigenvalue weighted by atomic mass is 10.0. The second-order valence-electron chi connectivity index (χ2n) is 5.87. The number of nitrogens with zero attached hydrogens (tertiary/aromatic N) is 6. The molecule has 1 N–H and O–H groups in total. The van der Waals surface area contributed by atoms with Crippen molar-refractivity contribution in [1.82, 2.24) is 30.0 Å². The minimum Gasteiger partial charge on any atom is -0.351 e. The highest BCUT2D eigenvalue weighted by molar-refractivity contribution is 14.0. The zero-order valence-electron chi connectivity index (χ0n) is 14.3. The molecule has 130 valence electrons. The van der Waals surface area contributed by atoms with Crippen LogP contribution in [0.2, 0.25) is 0 Å². The molecule has 0 radical (unpaired) electrons. The first-order valence-electron chi connectivity index (χ1n) is 7.88. The molecule has 0 aromatic carbocycles. The molecule has 1 aliphatic heterocycles. The monoisotopic (exact) mass is 441 g/mol. The van der Waals surface area contributed by atoms with Crippen molar-refractivity contribution in [3.8, 4) is 0 Å². The summed E-state index contributed by atoms with van der Waals surface area (Å²) in [4.78, 5) is 15.2. The average molecular weight is 441 g/mol. The maximum Gasteiger partial charge on any atom is 0.193 e. The minimum absolute atomic E-state index is 0. The topological polar surface area (TPSA) is 71.2 Å². The molecule has 0 spiro atoms. The number of likely N-dealkylation sites (tertiary alicyclic amines) is 1. The van der Waals surface area contributed by atoms with Crippen molar-refractivity contribution in [3.63, 3.8) is 0 Å². The number of hydrogen-bond donors (Lipinski definition) is 1. The summed E-state index contributed by atoms with van der Waals surface area (Å²) >= 11 is 0. The van der Waals surface area contributed by atoms with Crippen LogP contribution in [-0.2, 0) is 13.6 Å². The molecule has 3 rings (SSSR count). The number of aromatic nitrogens is 4. The van der Waals surface area contributed by atoms with E-state index in [-0.39, 0.29) is 24.0 Å². The van der Waals surface area contributed by atoms with Gasteiger partial charge in [0.25, 0.3) is 0 Å². The van der Waals surface area contributed by atoms with E-state index in [0.29, 0.717) is 12.5 Å². The third-order valence-corrected chi connectivity index (χ3v) is 4.16. The Labute approximate surface area is 159 Å². The van der Waals surface area contributed by atoms with E-state index < -0.39 is 0 Å². The van der Waals surface area contributed by atoms with E-state index >= 15 is 0 Å². The molecule has 1 aliphatic rings. The van der Waals surface area contributed by atoms with Crippen molar-refractivity contribution >= 4 is 29.9 Å². The molecule has 1 unspecified atom stereocenters. The summed E-state index contributed by atoms with van der Waals surface area (Å²) in [7, 11) is 3.78. The van der Waals surface area contributed by atoms with Crippen molar-refractivity contribution < 1.29 is 0 Å². The fraction of sp³-hybridized carbons (Fsp3) is 0.500. The second-order valence-corrected chi connectivity index (χ2v) is 5.87. The molecule has 1 fully saturated rings. The quantitative estimate of drug-likeness (QED) is 0.446. The van der Waals surface area contributed by atoms with E-state index in [0.717, 1.165) is 37.0 Å². The Morgan fingerprint density at radius 1 is 1.46 bits per heavy atom. The van der Waals surface area contributed by atoms with Crippen molar-refractivity contribution in [1.29, 1.82) is 0 Å². The second kappa shape index (κ2) is 8.41. The SMILES string of the molecule is CN=C(NCc1ccnc(C)n1)N1CCC(c2cnn(C)c2)C1.I. The number of halogens is 1. The van der Waals surface area contributed by atoms with Gasteiger partial charge in [0.15, 0.2) is 5.96 Å². The predicted molar refractivity (Wildman–Crippen MR) is 105 cm³/mol. The van der Waals surface area contributed by atoms with E-state index in [1.54, 1.807) is 6.20 Å². The molecular formula is C16H24IN7. The summed E-state index contributed by atoms with van der Waals surface area (Å²) in [5.41, 5.74) is 2.28. The third-order valence-electron chi connectivity index (χ3n) is 4.16. The van der Waals surface area contributed by atoms with Crippen LogP contribution in [0.4, 0.5) is 0 Å². The van der Waals surface area contributed by atoms with Crippen molar-refractivity contribution in [2.45, 2.75) is 25.8 Å². The van der Waals surface area contributed by atoms with Crippen LogP contribution in [0.5, 0.6) is 0 Å². The lowest BCUT2D eigenvalue weighted by molar-refractivity contribution is 0.485. The minimum atomic E-state index is 0. The molecule has 1 atom stereocenters. The summed E-state index contributed by atoms with van der Waals surface area (Å²) in [6.07, 6.45) is 6.98. The summed E-state index contributed by atoms with van der Waals surface area (Å²) in [6, 6.07) is 1.93. The first kappa shape index (κ1) is 18.6. The smallest absolute Gasteiger partial charge is 0.193 e. The van der Waals surface area contributed by atoms with Gasteiger partial charge < -0.3 is 10.2 Å². The first-order valence-corrected chi connectivity index (χ1v) is 7.88. The lowest BCUT2D eigenvalue weighted by Crippen LogP contribution is -2.39. The van der Waals surface area contributed by atoms with Crippen LogP contribution in [-0.4, -0.2) is 50.7 Å². The van der Waals surface area contributed by atoms with Gasteiger partial charge in [-0.1, -0.05) is 0 Å². The molecule has 2 aromatic heterocycles. The number of rotatable bonds is 3. The fourth-order valence-electron chi connectivity index (χ4n) is 2.98. The van der Waals surface area contributed by atoms with E-state index in [4.69, 9.17) is 0 Å². The molecule has 0 saturated carbocycles. The number of hydrogen-bond acceptors (Lipinski definition) is 4. The van der Waals surface area contributed by atoms with E-state index in [9.17, 15) is 0 Å². The molecule has 24 heavy (non-hydrogen) atoms. The van der Waals surface area contributed by atoms with Crippen LogP contribution in [0.15, 0.2) is 29.6 Å². The molecule has 1 saturated heterocycles. The van der Waals surface area contributed by atoms with Gasteiger partial charge in [0.1, 0.15) is 5.82 Å². The normalized spacial score (nSPS) is 17.7. The van der Waals surface area contributed by atoms with E-state index in [1.807, 2.05) is 38.0 Å². The van der Waals surface area contributed by atoms with Gasteiger partial charge in [-0.05, 0) is 25.0 Å². The number of guanidine groups is 1. The molecule has 8 heteroatoms. The van der Waals surface area contributed by atoms with Gasteiger partial charge in [-0.15, -0.1) is 24.0 Å². The van der Waals surface area contributed by atoms with Gasteiger partial charge in [0, 0.05) is 45.5 Å². The molecular weight excluding hydrogens is 417 g/mol. The van der Waals surface area contributed by atoms with Gasteiger partial charge >= 0.3 is 0 Å². The highest BCUT2D eigenvalue weighted by atomic mass is 127. The Kier molecular flexibility index (Phi) is 6.52. The molecule has 7 nitrogen and oxygen atoms in total. The van der Waals surface area contributed by atoms with Gasteiger partial charge in [0.05, 0.1) is 18.4 Å². The highest BCUT2D eigenvalue weighted by Gasteiger charge is 2.26. The average Bonchev–Trinajstić information content (AvgIpc) is 3.17. The maximum absolute atomic E-state index is 4.41. The largest absolute Gasteiger partial charge is 0.351 e. The molecule has 0 aliphatic carbocycles.